The molecule has 118 valence electrons. The van der Waals surface area contributed by atoms with Gasteiger partial charge in [-0.1, -0.05) is 12.2 Å². The summed E-state index contributed by atoms with van der Waals surface area (Å²) in [5.41, 5.74) is 0.672. The van der Waals surface area contributed by atoms with Crippen molar-refractivity contribution in [2.24, 2.45) is 35.5 Å². The van der Waals surface area contributed by atoms with Crippen LogP contribution >= 0.6 is 0 Å². The topological polar surface area (TPSA) is 46.6 Å². The summed E-state index contributed by atoms with van der Waals surface area (Å²) in [7, 11) is 0. The Morgan fingerprint density at radius 3 is 2.09 bits per heavy atom. The fraction of sp³-hybridized carbons (Fsp3) is 0.474. The van der Waals surface area contributed by atoms with Gasteiger partial charge < -0.3 is 4.74 Å². The Bertz CT molecular complexity index is 687. The van der Waals surface area contributed by atoms with E-state index >= 15 is 0 Å². The maximum absolute atomic E-state index is 13.0. The normalized spacial score (nSPS) is 39.4. The number of ether oxygens (including phenoxy) is 1. The lowest BCUT2D eigenvalue weighted by Crippen LogP contribution is -2.40. The van der Waals surface area contributed by atoms with Crippen LogP contribution in [-0.2, 0) is 9.59 Å². The summed E-state index contributed by atoms with van der Waals surface area (Å²) in [5.74, 6) is 2.32. The summed E-state index contributed by atoms with van der Waals surface area (Å²) in [6, 6.07) is 7.28. The first-order valence-corrected chi connectivity index (χ1v) is 8.49. The van der Waals surface area contributed by atoms with E-state index in [0.717, 1.165) is 5.75 Å². The van der Waals surface area contributed by atoms with Crippen LogP contribution in [0.15, 0.2) is 36.4 Å². The van der Waals surface area contributed by atoms with Gasteiger partial charge >= 0.3 is 0 Å². The number of nitrogens with zero attached hydrogens (tertiary/aromatic N) is 1. The molecular weight excluding hydrogens is 290 g/mol. The summed E-state index contributed by atoms with van der Waals surface area (Å²) in [6.07, 6.45) is 5.60. The molecule has 5 aliphatic rings. The third-order valence-electron chi connectivity index (χ3n) is 6.07. The zero-order valence-electron chi connectivity index (χ0n) is 13.0. The third kappa shape index (κ3) is 1.66. The van der Waals surface area contributed by atoms with Crippen LogP contribution in [0.5, 0.6) is 5.75 Å². The number of benzene rings is 1. The number of hydrogen-bond donors (Lipinski definition) is 0. The van der Waals surface area contributed by atoms with E-state index in [4.69, 9.17) is 4.74 Å². The lowest BCUT2D eigenvalue weighted by molar-refractivity contribution is -0.124. The Hall–Kier alpha value is -2.10. The van der Waals surface area contributed by atoms with Gasteiger partial charge in [0.15, 0.2) is 0 Å². The summed E-state index contributed by atoms with van der Waals surface area (Å²) < 4.78 is 5.44. The molecule has 0 unspecified atom stereocenters. The van der Waals surface area contributed by atoms with E-state index in [1.807, 2.05) is 31.2 Å². The Morgan fingerprint density at radius 2 is 1.57 bits per heavy atom. The Labute approximate surface area is 135 Å². The van der Waals surface area contributed by atoms with Crippen molar-refractivity contribution in [1.82, 2.24) is 0 Å². The van der Waals surface area contributed by atoms with E-state index in [9.17, 15) is 9.59 Å². The number of carbonyl (C=O) groups excluding carboxylic acids is 2. The first-order valence-electron chi connectivity index (χ1n) is 8.49. The van der Waals surface area contributed by atoms with Crippen molar-refractivity contribution in [3.63, 3.8) is 0 Å². The number of carbonyl (C=O) groups is 2. The predicted octanol–water partition coefficient (Wildman–Crippen LogP) is 2.64. The number of anilines is 1. The van der Waals surface area contributed by atoms with Crippen molar-refractivity contribution in [2.45, 2.75) is 13.3 Å². The molecule has 0 spiro atoms. The van der Waals surface area contributed by atoms with E-state index < -0.39 is 0 Å². The molecule has 6 atom stereocenters. The predicted molar refractivity (Wildman–Crippen MR) is 84.8 cm³/mol. The van der Waals surface area contributed by atoms with E-state index in [-0.39, 0.29) is 35.5 Å². The van der Waals surface area contributed by atoms with Crippen molar-refractivity contribution in [1.29, 1.82) is 0 Å². The quantitative estimate of drug-likeness (QED) is 0.637. The second kappa shape index (κ2) is 4.47. The summed E-state index contributed by atoms with van der Waals surface area (Å²) in [5, 5.41) is 0. The smallest absolute Gasteiger partial charge is 0.238 e. The van der Waals surface area contributed by atoms with Crippen molar-refractivity contribution in [3.05, 3.63) is 36.4 Å². The van der Waals surface area contributed by atoms with E-state index in [1.165, 1.54) is 11.3 Å². The second-order valence-corrected chi connectivity index (χ2v) is 7.09. The molecule has 4 nitrogen and oxygen atoms in total. The molecule has 1 saturated heterocycles. The summed E-state index contributed by atoms with van der Waals surface area (Å²) in [4.78, 5) is 27.3. The molecule has 1 aromatic carbocycles. The molecule has 4 aliphatic carbocycles. The molecular formula is C19H19NO3. The minimum absolute atomic E-state index is 0.00569. The van der Waals surface area contributed by atoms with Crippen LogP contribution < -0.4 is 9.64 Å². The van der Waals surface area contributed by atoms with Crippen LogP contribution in [0.4, 0.5) is 5.69 Å². The van der Waals surface area contributed by atoms with Crippen LogP contribution in [0.3, 0.4) is 0 Å². The van der Waals surface area contributed by atoms with Gasteiger partial charge in [-0.2, -0.15) is 0 Å². The van der Waals surface area contributed by atoms with Gasteiger partial charge in [0.05, 0.1) is 24.1 Å². The molecule has 2 bridgehead atoms. The molecule has 0 N–H and O–H groups in total. The lowest BCUT2D eigenvalue weighted by Gasteiger charge is -2.37. The molecule has 6 rings (SSSR count). The molecule has 2 saturated carbocycles. The Balaban J connectivity index is 1.49. The molecule has 1 aliphatic heterocycles. The molecule has 2 amide bonds. The zero-order chi connectivity index (χ0) is 15.7. The Morgan fingerprint density at radius 1 is 1.00 bits per heavy atom. The minimum atomic E-state index is -0.132. The van der Waals surface area contributed by atoms with Gasteiger partial charge in [-0.05, 0) is 61.3 Å². The monoisotopic (exact) mass is 309 g/mol. The van der Waals surface area contributed by atoms with Gasteiger partial charge in [0.1, 0.15) is 5.75 Å². The van der Waals surface area contributed by atoms with Crippen molar-refractivity contribution >= 4 is 17.5 Å². The van der Waals surface area contributed by atoms with E-state index in [1.54, 1.807) is 0 Å². The first kappa shape index (κ1) is 13.3. The zero-order valence-corrected chi connectivity index (χ0v) is 13.0. The lowest BCUT2D eigenvalue weighted by atomic mass is 9.63. The average molecular weight is 309 g/mol. The van der Waals surface area contributed by atoms with E-state index in [2.05, 4.69) is 12.2 Å². The molecule has 0 aromatic heterocycles. The fourth-order valence-electron chi connectivity index (χ4n) is 5.07. The van der Waals surface area contributed by atoms with Crippen molar-refractivity contribution < 1.29 is 14.3 Å². The van der Waals surface area contributed by atoms with Gasteiger partial charge in [0.25, 0.3) is 0 Å². The van der Waals surface area contributed by atoms with Crippen LogP contribution in [0.1, 0.15) is 13.3 Å². The van der Waals surface area contributed by atoms with Crippen LogP contribution in [0.25, 0.3) is 0 Å². The van der Waals surface area contributed by atoms with Crippen LogP contribution in [0, 0.1) is 35.5 Å². The Kier molecular flexibility index (Phi) is 2.59. The average Bonchev–Trinajstić information content (AvgIpc) is 3.34. The second-order valence-electron chi connectivity index (χ2n) is 7.09. The van der Waals surface area contributed by atoms with Gasteiger partial charge in [-0.25, -0.2) is 0 Å². The first-order chi connectivity index (χ1) is 11.2. The number of amides is 2. The number of rotatable bonds is 3. The highest BCUT2D eigenvalue weighted by Gasteiger charge is 2.67. The summed E-state index contributed by atoms with van der Waals surface area (Å²) >= 11 is 0. The SMILES string of the molecule is CCOc1ccc(N2C(=O)[C@@H]3[C@@H]4C=C[C@H]([C@H]5C[C@@H]45)[C@@H]3C2=O)cc1. The maximum atomic E-state index is 13.0. The summed E-state index contributed by atoms with van der Waals surface area (Å²) in [6.45, 7) is 2.53. The maximum Gasteiger partial charge on any atom is 0.238 e. The fourth-order valence-corrected chi connectivity index (χ4v) is 5.07. The molecule has 1 heterocycles. The standard InChI is InChI=1S/C19H19NO3/c1-2-23-11-5-3-10(4-6-11)20-18(21)16-12-7-8-13(15-9-14(12)15)17(16)19(20)22/h3-8,12-17H,2,9H2,1H3/t12-,13-,14-,15+,16+,17-/m1/s1. The molecule has 0 radical (unpaired) electrons. The van der Waals surface area contributed by atoms with Crippen molar-refractivity contribution in [2.75, 3.05) is 11.5 Å². The number of imide groups is 1. The highest BCUT2D eigenvalue weighted by atomic mass is 16.5. The van der Waals surface area contributed by atoms with Crippen molar-refractivity contribution in [3.8, 4) is 5.75 Å². The largest absolute Gasteiger partial charge is 0.494 e. The number of allylic oxidation sites excluding steroid dienone is 2. The minimum Gasteiger partial charge on any atom is -0.494 e. The highest BCUT2D eigenvalue weighted by Crippen LogP contribution is 2.65. The number of hydrogen-bond acceptors (Lipinski definition) is 3. The van der Waals surface area contributed by atoms with Gasteiger partial charge in [0.2, 0.25) is 11.8 Å². The van der Waals surface area contributed by atoms with Crippen LogP contribution in [-0.4, -0.2) is 18.4 Å². The molecule has 23 heavy (non-hydrogen) atoms. The molecule has 1 aromatic rings. The molecule has 3 fully saturated rings. The molecule has 4 heteroatoms. The van der Waals surface area contributed by atoms with E-state index in [0.29, 0.717) is 24.1 Å². The third-order valence-corrected chi connectivity index (χ3v) is 6.07. The highest BCUT2D eigenvalue weighted by molar-refractivity contribution is 6.22. The van der Waals surface area contributed by atoms with Crippen LogP contribution in [0.2, 0.25) is 0 Å². The van der Waals surface area contributed by atoms with Gasteiger partial charge in [0, 0.05) is 0 Å². The van der Waals surface area contributed by atoms with Gasteiger partial charge in [-0.15, -0.1) is 0 Å². The van der Waals surface area contributed by atoms with Gasteiger partial charge in [-0.3, -0.25) is 14.5 Å².